The summed E-state index contributed by atoms with van der Waals surface area (Å²) < 4.78 is 43.6. The van der Waals surface area contributed by atoms with Gasteiger partial charge in [-0.2, -0.15) is 18.3 Å². The minimum Gasteiger partial charge on any atom is -0.356 e. The number of benzene rings is 1. The van der Waals surface area contributed by atoms with E-state index in [4.69, 9.17) is 10.1 Å². The van der Waals surface area contributed by atoms with Gasteiger partial charge in [-0.1, -0.05) is 11.6 Å². The minimum absolute atomic E-state index is 0.120. The molecular formula is C36H45F3N8O. The molecule has 0 saturated heterocycles. The number of aryl methyl sites for hydroxylation is 2. The first-order valence-corrected chi connectivity index (χ1v) is 16.7. The second-order valence-corrected chi connectivity index (χ2v) is 14.8. The average molecular weight is 663 g/mol. The molecule has 2 fully saturated rings. The second kappa shape index (κ2) is 12.7. The maximum atomic E-state index is 13.9. The Labute approximate surface area is 280 Å². The van der Waals surface area contributed by atoms with Crippen LogP contribution in [0.1, 0.15) is 84.8 Å². The molecule has 2 aliphatic carbocycles. The van der Waals surface area contributed by atoms with Gasteiger partial charge in [0.15, 0.2) is 5.65 Å². The maximum absolute atomic E-state index is 13.9. The lowest BCUT2D eigenvalue weighted by Crippen LogP contribution is -2.32. The van der Waals surface area contributed by atoms with E-state index in [0.717, 1.165) is 47.3 Å². The Morgan fingerprint density at radius 2 is 1.52 bits per heavy atom. The molecule has 1 amide bonds. The Morgan fingerprint density at radius 3 is 2.06 bits per heavy atom. The molecule has 0 atom stereocenters. The van der Waals surface area contributed by atoms with Gasteiger partial charge in [-0.25, -0.2) is 19.6 Å². The summed E-state index contributed by atoms with van der Waals surface area (Å²) in [4.78, 5) is 32.9. The monoisotopic (exact) mass is 662 g/mol. The molecular weight excluding hydrogens is 617 g/mol. The van der Waals surface area contributed by atoms with Gasteiger partial charge >= 0.3 is 6.18 Å². The summed E-state index contributed by atoms with van der Waals surface area (Å²) in [5.41, 5.74) is 2.95. The zero-order valence-electron chi connectivity index (χ0n) is 28.9. The molecule has 0 spiro atoms. The summed E-state index contributed by atoms with van der Waals surface area (Å²) in [6, 6.07) is 6.25. The number of carbonyl (C=O) groups excluding carboxylic acids is 1. The Balaban J connectivity index is 1.47. The fraction of sp³-hybridized carbons (Fsp3) is 0.528. The number of nitrogens with zero attached hydrogens (tertiary/aromatic N) is 8. The number of fused-ring (bicyclic) bond motifs is 1. The molecule has 3 heterocycles. The van der Waals surface area contributed by atoms with Crippen molar-refractivity contribution in [3.8, 4) is 0 Å². The van der Waals surface area contributed by atoms with Crippen LogP contribution in [0, 0.1) is 25.7 Å². The van der Waals surface area contributed by atoms with E-state index in [1.54, 1.807) is 27.1 Å². The highest BCUT2D eigenvalue weighted by Crippen LogP contribution is 2.38. The number of halogens is 3. The summed E-state index contributed by atoms with van der Waals surface area (Å²) in [5, 5.41) is 5.83. The number of rotatable bonds is 11. The fourth-order valence-corrected chi connectivity index (χ4v) is 6.14. The summed E-state index contributed by atoms with van der Waals surface area (Å²) in [6.07, 6.45) is 3.27. The lowest BCUT2D eigenvalue weighted by molar-refractivity contribution is -0.137. The first kappa shape index (κ1) is 33.7. The Bertz CT molecular complexity index is 1790. The third kappa shape index (κ3) is 7.57. The smallest absolute Gasteiger partial charge is 0.356 e. The van der Waals surface area contributed by atoms with Gasteiger partial charge in [0.25, 0.3) is 5.91 Å². The zero-order chi connectivity index (χ0) is 34.5. The molecule has 2 aliphatic rings. The second-order valence-electron chi connectivity index (χ2n) is 14.8. The zero-order valence-corrected chi connectivity index (χ0v) is 28.9. The number of aromatic nitrogens is 5. The number of pyridine rings is 1. The van der Waals surface area contributed by atoms with Crippen LogP contribution in [0.25, 0.3) is 11.0 Å². The SMILES string of the molecule is Cc1cc(CN(Cc2cc3c(C)nn(C(C)(C)C)c3nc2N(CC2CC2)CC2CC2)c2ncc(C(=O)N(C)C)cn2)cc(C(F)(F)F)c1. The maximum Gasteiger partial charge on any atom is 0.416 e. The largest absolute Gasteiger partial charge is 0.416 e. The third-order valence-corrected chi connectivity index (χ3v) is 8.96. The van der Waals surface area contributed by atoms with Crippen LogP contribution in [0.3, 0.4) is 0 Å². The van der Waals surface area contributed by atoms with E-state index in [2.05, 4.69) is 41.7 Å². The fourth-order valence-electron chi connectivity index (χ4n) is 6.14. The molecule has 2 saturated carbocycles. The van der Waals surface area contributed by atoms with E-state index in [9.17, 15) is 18.0 Å². The van der Waals surface area contributed by atoms with E-state index in [1.165, 1.54) is 49.0 Å². The number of alkyl halides is 3. The van der Waals surface area contributed by atoms with Crippen LogP contribution in [0.5, 0.6) is 0 Å². The van der Waals surface area contributed by atoms with Crippen molar-refractivity contribution in [1.82, 2.24) is 29.6 Å². The highest BCUT2D eigenvalue weighted by Gasteiger charge is 2.33. The van der Waals surface area contributed by atoms with Gasteiger partial charge in [-0.3, -0.25) is 4.79 Å². The lowest BCUT2D eigenvalue weighted by Gasteiger charge is -2.30. The highest BCUT2D eigenvalue weighted by atomic mass is 19.4. The first-order chi connectivity index (χ1) is 22.6. The molecule has 12 heteroatoms. The molecule has 6 rings (SSSR count). The van der Waals surface area contributed by atoms with Crippen LogP contribution in [0.4, 0.5) is 24.9 Å². The molecule has 0 unspecified atom stereocenters. The van der Waals surface area contributed by atoms with E-state index in [-0.39, 0.29) is 18.0 Å². The predicted octanol–water partition coefficient (Wildman–Crippen LogP) is 7.15. The number of hydrogen-bond acceptors (Lipinski definition) is 7. The number of carbonyl (C=O) groups is 1. The van der Waals surface area contributed by atoms with Crippen LogP contribution in [0.2, 0.25) is 0 Å². The third-order valence-electron chi connectivity index (χ3n) is 8.96. The summed E-state index contributed by atoms with van der Waals surface area (Å²) >= 11 is 0. The molecule has 0 bridgehead atoms. The number of hydrogen-bond donors (Lipinski definition) is 0. The summed E-state index contributed by atoms with van der Waals surface area (Å²) in [5.74, 6) is 2.19. The molecule has 1 aromatic carbocycles. The Morgan fingerprint density at radius 1 is 0.896 bits per heavy atom. The Kier molecular flexibility index (Phi) is 8.89. The molecule has 3 aromatic heterocycles. The minimum atomic E-state index is -4.48. The van der Waals surface area contributed by atoms with Crippen LogP contribution in [-0.4, -0.2) is 62.7 Å². The molecule has 4 aromatic rings. The molecule has 9 nitrogen and oxygen atoms in total. The van der Waals surface area contributed by atoms with Crippen molar-refractivity contribution in [2.75, 3.05) is 37.0 Å². The molecule has 0 N–H and O–H groups in total. The first-order valence-electron chi connectivity index (χ1n) is 16.7. The highest BCUT2D eigenvalue weighted by molar-refractivity contribution is 5.93. The standard InChI is InChI=1S/C36H45F3N8O/c1-22-12-26(14-29(13-22)36(37,38)39)20-46(34-40-16-28(17-41-34)33(48)44(6)7)21-27-15-30-23(2)43-47(35(3,4)5)32(30)42-31(27)45(18-24-8-9-24)19-25-10-11-25/h12-17,24-25H,8-11,18-21H2,1-7H3. The van der Waals surface area contributed by atoms with Crippen molar-refractivity contribution in [2.24, 2.45) is 11.8 Å². The van der Waals surface area contributed by atoms with Crippen molar-refractivity contribution >= 4 is 28.7 Å². The van der Waals surface area contributed by atoms with Crippen LogP contribution < -0.4 is 9.80 Å². The van der Waals surface area contributed by atoms with Crippen molar-refractivity contribution in [3.63, 3.8) is 0 Å². The van der Waals surface area contributed by atoms with Gasteiger partial charge in [-0.15, -0.1) is 0 Å². The van der Waals surface area contributed by atoms with Crippen LogP contribution in [-0.2, 0) is 24.8 Å². The van der Waals surface area contributed by atoms with Crippen molar-refractivity contribution in [3.05, 3.63) is 70.2 Å². The lowest BCUT2D eigenvalue weighted by atomic mass is 10.1. The summed E-state index contributed by atoms with van der Waals surface area (Å²) in [7, 11) is 3.31. The van der Waals surface area contributed by atoms with E-state index >= 15 is 0 Å². The molecule has 0 aliphatic heterocycles. The van der Waals surface area contributed by atoms with Gasteiger partial charge in [0, 0.05) is 63.6 Å². The van der Waals surface area contributed by atoms with Gasteiger partial charge in [0.05, 0.1) is 22.4 Å². The molecule has 0 radical (unpaired) electrons. The molecule has 256 valence electrons. The Hall–Kier alpha value is -4.22. The van der Waals surface area contributed by atoms with Crippen molar-refractivity contribution < 1.29 is 18.0 Å². The quantitative estimate of drug-likeness (QED) is 0.169. The van der Waals surface area contributed by atoms with Crippen molar-refractivity contribution in [2.45, 2.75) is 85.1 Å². The van der Waals surface area contributed by atoms with Crippen LogP contribution >= 0.6 is 0 Å². The summed E-state index contributed by atoms with van der Waals surface area (Å²) in [6.45, 7) is 12.2. The van der Waals surface area contributed by atoms with E-state index < -0.39 is 11.7 Å². The number of amides is 1. The van der Waals surface area contributed by atoms with Crippen molar-refractivity contribution in [1.29, 1.82) is 0 Å². The normalized spacial score (nSPS) is 15.2. The van der Waals surface area contributed by atoms with E-state index in [0.29, 0.717) is 41.0 Å². The van der Waals surface area contributed by atoms with E-state index in [1.807, 2.05) is 16.5 Å². The topological polar surface area (TPSA) is 83.3 Å². The van der Waals surface area contributed by atoms with Crippen LogP contribution in [0.15, 0.2) is 36.7 Å². The predicted molar refractivity (Wildman–Crippen MR) is 181 cm³/mol. The van der Waals surface area contributed by atoms with Gasteiger partial charge in [0.1, 0.15) is 5.82 Å². The van der Waals surface area contributed by atoms with Gasteiger partial charge in [0.2, 0.25) is 5.95 Å². The average Bonchev–Trinajstić information content (AvgIpc) is 3.95. The van der Waals surface area contributed by atoms with Gasteiger partial charge < -0.3 is 14.7 Å². The molecule has 48 heavy (non-hydrogen) atoms. The van der Waals surface area contributed by atoms with Gasteiger partial charge in [-0.05, 0) is 95.9 Å². The number of anilines is 2.